The fourth-order valence-electron chi connectivity index (χ4n) is 2.97. The van der Waals surface area contributed by atoms with Crippen LogP contribution in [0.2, 0.25) is 0 Å². The molecule has 0 N–H and O–H groups in total. The average Bonchev–Trinajstić information content (AvgIpc) is 2.97. The lowest BCUT2D eigenvalue weighted by atomic mass is 10.1. The SMILES string of the molecule is CCOc1ccc([S+]2CCCC2S(=O)(=O)[O-])c2ccccc12. The summed E-state index contributed by atoms with van der Waals surface area (Å²) in [4.78, 5) is 0.973. The number of hydrogen-bond donors (Lipinski definition) is 0. The summed E-state index contributed by atoms with van der Waals surface area (Å²) < 4.78 is 39.5. The molecule has 6 heteroatoms. The van der Waals surface area contributed by atoms with E-state index in [1.807, 2.05) is 43.3 Å². The second-order valence-electron chi connectivity index (χ2n) is 5.24. The van der Waals surface area contributed by atoms with Crippen LogP contribution in [0.3, 0.4) is 0 Å². The van der Waals surface area contributed by atoms with Crippen LogP contribution in [0.1, 0.15) is 19.8 Å². The molecule has 0 aromatic heterocycles. The molecule has 0 saturated carbocycles. The lowest BCUT2D eigenvalue weighted by molar-refractivity contribution is 0.344. The molecule has 0 radical (unpaired) electrons. The largest absolute Gasteiger partial charge is 0.744 e. The van der Waals surface area contributed by atoms with Crippen molar-refractivity contribution in [2.75, 3.05) is 12.4 Å². The molecular weight excluding hydrogens is 320 g/mol. The molecule has 2 aromatic carbocycles. The predicted octanol–water partition coefficient (Wildman–Crippen LogP) is 2.88. The van der Waals surface area contributed by atoms with Crippen molar-refractivity contribution >= 4 is 31.8 Å². The van der Waals surface area contributed by atoms with E-state index in [4.69, 9.17) is 4.74 Å². The quantitative estimate of drug-likeness (QED) is 0.635. The predicted molar refractivity (Wildman–Crippen MR) is 88.3 cm³/mol. The van der Waals surface area contributed by atoms with E-state index in [1.165, 1.54) is 0 Å². The molecule has 3 rings (SSSR count). The Hall–Kier alpha value is -1.24. The van der Waals surface area contributed by atoms with E-state index in [0.717, 1.165) is 33.6 Å². The Balaban J connectivity index is 2.14. The zero-order valence-electron chi connectivity index (χ0n) is 12.3. The van der Waals surface area contributed by atoms with Gasteiger partial charge in [-0.15, -0.1) is 0 Å². The highest BCUT2D eigenvalue weighted by molar-refractivity contribution is 8.10. The molecule has 1 heterocycles. The minimum atomic E-state index is -4.26. The first-order valence-electron chi connectivity index (χ1n) is 7.31. The van der Waals surface area contributed by atoms with E-state index in [1.54, 1.807) is 0 Å². The number of fused-ring (bicyclic) bond motifs is 1. The van der Waals surface area contributed by atoms with Gasteiger partial charge >= 0.3 is 0 Å². The highest BCUT2D eigenvalue weighted by Gasteiger charge is 2.43. The molecule has 1 aliphatic rings. The van der Waals surface area contributed by atoms with Crippen LogP contribution in [0.5, 0.6) is 5.75 Å². The summed E-state index contributed by atoms with van der Waals surface area (Å²) in [6.45, 7) is 2.51. The van der Waals surface area contributed by atoms with Gasteiger partial charge in [0.1, 0.15) is 21.6 Å². The zero-order valence-corrected chi connectivity index (χ0v) is 14.0. The van der Waals surface area contributed by atoms with Crippen LogP contribution >= 0.6 is 0 Å². The molecule has 2 atom stereocenters. The van der Waals surface area contributed by atoms with Crippen molar-refractivity contribution in [3.63, 3.8) is 0 Å². The molecule has 1 fully saturated rings. The van der Waals surface area contributed by atoms with E-state index in [9.17, 15) is 13.0 Å². The summed E-state index contributed by atoms with van der Waals surface area (Å²) in [7, 11) is -4.80. The Morgan fingerprint density at radius 1 is 1.23 bits per heavy atom. The summed E-state index contributed by atoms with van der Waals surface area (Å²) in [6, 6.07) is 11.6. The van der Waals surface area contributed by atoms with Gasteiger partial charge in [0.15, 0.2) is 4.90 Å². The molecule has 22 heavy (non-hydrogen) atoms. The standard InChI is InChI=1S/C16H18O4S2/c1-2-20-14-9-10-15(13-7-4-3-6-12(13)14)21-11-5-8-16(21)22(17,18)19/h3-4,6-7,9-10,16H,2,5,8,11H2,1H3. The van der Waals surface area contributed by atoms with Crippen molar-refractivity contribution < 1.29 is 17.7 Å². The van der Waals surface area contributed by atoms with E-state index in [-0.39, 0.29) is 0 Å². The molecular formula is C16H18O4S2. The summed E-state index contributed by atoms with van der Waals surface area (Å²) in [5.74, 6) is 1.57. The molecule has 118 valence electrons. The third-order valence-corrected chi connectivity index (χ3v) is 8.67. The van der Waals surface area contributed by atoms with Crippen LogP contribution in [0, 0.1) is 0 Å². The van der Waals surface area contributed by atoms with E-state index >= 15 is 0 Å². The summed E-state index contributed by atoms with van der Waals surface area (Å²) >= 11 is 0. The molecule has 0 bridgehead atoms. The highest BCUT2D eigenvalue weighted by Crippen LogP contribution is 2.38. The van der Waals surface area contributed by atoms with Crippen LogP contribution in [-0.2, 0) is 21.0 Å². The van der Waals surface area contributed by atoms with Crippen LogP contribution in [0.4, 0.5) is 0 Å². The molecule has 1 aliphatic heterocycles. The fraction of sp³-hybridized carbons (Fsp3) is 0.375. The number of rotatable bonds is 4. The van der Waals surface area contributed by atoms with E-state index < -0.39 is 25.6 Å². The van der Waals surface area contributed by atoms with Gasteiger partial charge in [0, 0.05) is 28.1 Å². The van der Waals surface area contributed by atoms with Crippen LogP contribution in [0.15, 0.2) is 41.3 Å². The normalized spacial score (nSPS) is 22.1. The highest BCUT2D eigenvalue weighted by atomic mass is 32.3. The monoisotopic (exact) mass is 338 g/mol. The van der Waals surface area contributed by atoms with Crippen molar-refractivity contribution in [3.8, 4) is 5.75 Å². The molecule has 2 unspecified atom stereocenters. The van der Waals surface area contributed by atoms with Gasteiger partial charge in [-0.3, -0.25) is 0 Å². The number of benzene rings is 2. The molecule has 0 amide bonds. The smallest absolute Gasteiger partial charge is 0.211 e. The first-order chi connectivity index (χ1) is 10.5. The van der Waals surface area contributed by atoms with Crippen molar-refractivity contribution in [1.29, 1.82) is 0 Å². The van der Waals surface area contributed by atoms with Crippen molar-refractivity contribution in [1.82, 2.24) is 0 Å². The maximum absolute atomic E-state index is 11.5. The summed E-state index contributed by atoms with van der Waals surface area (Å²) in [5, 5.41) is 1.97. The number of hydrogen-bond acceptors (Lipinski definition) is 4. The lowest BCUT2D eigenvalue weighted by Gasteiger charge is -2.17. The van der Waals surface area contributed by atoms with Crippen molar-refractivity contribution in [3.05, 3.63) is 36.4 Å². The van der Waals surface area contributed by atoms with Gasteiger partial charge in [0.25, 0.3) is 0 Å². The molecule has 0 aliphatic carbocycles. The lowest BCUT2D eigenvalue weighted by Crippen LogP contribution is -2.26. The van der Waals surface area contributed by atoms with Crippen molar-refractivity contribution in [2.24, 2.45) is 0 Å². The topological polar surface area (TPSA) is 66.4 Å². The first-order valence-corrected chi connectivity index (χ1v) is 10.2. The van der Waals surface area contributed by atoms with Gasteiger partial charge in [-0.25, -0.2) is 8.42 Å². The minimum absolute atomic E-state index is 0.469. The Morgan fingerprint density at radius 2 is 1.95 bits per heavy atom. The summed E-state index contributed by atoms with van der Waals surface area (Å²) in [5.41, 5.74) is 0. The number of ether oxygens (including phenoxy) is 1. The van der Waals surface area contributed by atoms with Gasteiger partial charge in [-0.1, -0.05) is 18.2 Å². The zero-order chi connectivity index (χ0) is 15.7. The van der Waals surface area contributed by atoms with E-state index in [2.05, 4.69) is 0 Å². The minimum Gasteiger partial charge on any atom is -0.744 e. The Morgan fingerprint density at radius 3 is 2.64 bits per heavy atom. The molecule has 2 aromatic rings. The molecule has 4 nitrogen and oxygen atoms in total. The molecule has 1 saturated heterocycles. The second-order valence-corrected chi connectivity index (χ2v) is 9.37. The average molecular weight is 338 g/mol. The van der Waals surface area contributed by atoms with Gasteiger partial charge in [-0.05, 0) is 31.5 Å². The van der Waals surface area contributed by atoms with Crippen LogP contribution in [-0.4, -0.2) is 29.9 Å². The fourth-order valence-corrected chi connectivity index (χ4v) is 7.56. The Kier molecular flexibility index (Phi) is 4.34. The van der Waals surface area contributed by atoms with Gasteiger partial charge in [-0.2, -0.15) is 0 Å². The summed E-state index contributed by atoms with van der Waals surface area (Å²) in [6.07, 6.45) is 1.26. The van der Waals surface area contributed by atoms with Gasteiger partial charge < -0.3 is 9.29 Å². The van der Waals surface area contributed by atoms with E-state index in [0.29, 0.717) is 13.0 Å². The van der Waals surface area contributed by atoms with Gasteiger partial charge in [0.05, 0.1) is 6.61 Å². The van der Waals surface area contributed by atoms with Gasteiger partial charge in [0.2, 0.25) is 4.58 Å². The maximum Gasteiger partial charge on any atom is 0.211 e. The third-order valence-electron chi connectivity index (χ3n) is 3.87. The second kappa shape index (κ2) is 6.10. The first kappa shape index (κ1) is 15.6. The Labute approximate surface area is 133 Å². The molecule has 0 spiro atoms. The Bertz CT molecular complexity index is 786. The third kappa shape index (κ3) is 2.83. The maximum atomic E-state index is 11.5. The van der Waals surface area contributed by atoms with Crippen LogP contribution in [0.25, 0.3) is 10.8 Å². The van der Waals surface area contributed by atoms with Crippen LogP contribution < -0.4 is 4.74 Å². The van der Waals surface area contributed by atoms with Crippen molar-refractivity contribution in [2.45, 2.75) is 29.2 Å².